The molecule has 0 spiro atoms. The Balaban J connectivity index is 1.65. The van der Waals surface area contributed by atoms with Gasteiger partial charge < -0.3 is 10.1 Å². The molecule has 6 nitrogen and oxygen atoms in total. The molecule has 0 saturated carbocycles. The highest BCUT2D eigenvalue weighted by molar-refractivity contribution is 7.10. The number of nitrogens with zero attached hydrogens (tertiary/aromatic N) is 3. The minimum Gasteiger partial charge on any atom is -0.406 e. The Kier molecular flexibility index (Phi) is 5.67. The molecule has 0 bridgehead atoms. The summed E-state index contributed by atoms with van der Waals surface area (Å²) in [5.41, 5.74) is 3.25. The van der Waals surface area contributed by atoms with E-state index in [0.717, 1.165) is 5.56 Å². The lowest BCUT2D eigenvalue weighted by Gasteiger charge is -2.30. The molecule has 0 saturated heterocycles. The first kappa shape index (κ1) is 21.5. The summed E-state index contributed by atoms with van der Waals surface area (Å²) in [6.45, 7) is 1.72. The number of aliphatic imine (C=N–C) groups is 1. The molecule has 0 aliphatic carbocycles. The highest BCUT2D eigenvalue weighted by Crippen LogP contribution is 2.38. The number of ether oxygens (including phenoxy) is 1. The topological polar surface area (TPSA) is 87.4 Å². The third-order valence-corrected chi connectivity index (χ3v) is 5.84. The molecule has 0 fully saturated rings. The van der Waals surface area contributed by atoms with Gasteiger partial charge in [-0.2, -0.15) is 5.26 Å². The Morgan fingerprint density at radius 2 is 1.81 bits per heavy atom. The monoisotopic (exact) mass is 456 g/mol. The number of halogens is 3. The van der Waals surface area contributed by atoms with Gasteiger partial charge in [0, 0.05) is 16.7 Å². The van der Waals surface area contributed by atoms with Gasteiger partial charge in [-0.05, 0) is 36.8 Å². The number of hydrogen-bond acceptors (Lipinski definition) is 5. The van der Waals surface area contributed by atoms with Crippen molar-refractivity contribution in [1.82, 2.24) is 10.3 Å². The Morgan fingerprint density at radius 1 is 1.12 bits per heavy atom. The van der Waals surface area contributed by atoms with E-state index in [9.17, 15) is 18.0 Å². The normalized spacial score (nSPS) is 18.5. The first-order valence-electron chi connectivity index (χ1n) is 9.41. The number of thiazole rings is 1. The fraction of sp³-hybridized carbons (Fsp3) is 0.182. The van der Waals surface area contributed by atoms with Crippen molar-refractivity contribution in [2.24, 2.45) is 4.99 Å². The Bertz CT molecular complexity index is 1210. The lowest BCUT2D eigenvalue weighted by molar-refractivity contribution is -0.274. The van der Waals surface area contributed by atoms with Crippen molar-refractivity contribution in [3.05, 3.63) is 70.0 Å². The second kappa shape index (κ2) is 8.43. The molecule has 0 radical (unpaired) electrons. The largest absolute Gasteiger partial charge is 0.573 e. The standard InChI is InChI=1S/C22H15F3N4O2S/c1-12-18(20-28-17(11-32-20)14-4-2-13(10-26)3-5-14)19(29-21(30)27-12)15-6-8-16(9-7-15)31-22(23,24)25/h2-9,11,18-19H,1H3,(H,29,30). The molecular formula is C22H15F3N4O2S. The number of rotatable bonds is 4. The van der Waals surface area contributed by atoms with Gasteiger partial charge in [-0.3, -0.25) is 0 Å². The van der Waals surface area contributed by atoms with Crippen molar-refractivity contribution in [3.8, 4) is 23.1 Å². The average Bonchev–Trinajstić information content (AvgIpc) is 3.22. The molecule has 2 aromatic carbocycles. The van der Waals surface area contributed by atoms with Gasteiger partial charge in [0.05, 0.1) is 29.3 Å². The third-order valence-electron chi connectivity index (χ3n) is 4.91. The zero-order chi connectivity index (χ0) is 22.9. The lowest BCUT2D eigenvalue weighted by atomic mass is 9.88. The summed E-state index contributed by atoms with van der Waals surface area (Å²) in [4.78, 5) is 20.8. The summed E-state index contributed by atoms with van der Waals surface area (Å²) in [5.74, 6) is -0.734. The average molecular weight is 456 g/mol. The van der Waals surface area contributed by atoms with E-state index in [0.29, 0.717) is 27.5 Å². The molecule has 2 heterocycles. The van der Waals surface area contributed by atoms with Gasteiger partial charge in [0.15, 0.2) is 0 Å². The maximum Gasteiger partial charge on any atom is 0.573 e. The maximum atomic E-state index is 12.4. The number of carbonyl (C=O) groups excluding carboxylic acids is 1. The molecule has 2 unspecified atom stereocenters. The van der Waals surface area contributed by atoms with Crippen LogP contribution in [0.1, 0.15) is 35.0 Å². The number of nitriles is 1. The van der Waals surface area contributed by atoms with Crippen LogP contribution in [-0.2, 0) is 0 Å². The van der Waals surface area contributed by atoms with Crippen LogP contribution in [0.15, 0.2) is 58.9 Å². The van der Waals surface area contributed by atoms with E-state index in [1.807, 2.05) is 5.38 Å². The van der Waals surface area contributed by atoms with Crippen LogP contribution >= 0.6 is 11.3 Å². The van der Waals surface area contributed by atoms with Gasteiger partial charge in [0.25, 0.3) is 0 Å². The number of nitrogens with one attached hydrogen (secondary N) is 1. The molecular weight excluding hydrogens is 441 g/mol. The van der Waals surface area contributed by atoms with Crippen LogP contribution in [0.3, 0.4) is 0 Å². The van der Waals surface area contributed by atoms with Crippen molar-refractivity contribution in [2.45, 2.75) is 25.2 Å². The minimum absolute atomic E-state index is 0.345. The summed E-state index contributed by atoms with van der Waals surface area (Å²) in [5, 5.41) is 14.3. The van der Waals surface area contributed by atoms with Crippen LogP contribution in [-0.4, -0.2) is 23.1 Å². The summed E-state index contributed by atoms with van der Waals surface area (Å²) >= 11 is 1.39. The Morgan fingerprint density at radius 3 is 2.44 bits per heavy atom. The lowest BCUT2D eigenvalue weighted by Crippen LogP contribution is -2.38. The van der Waals surface area contributed by atoms with Crippen LogP contribution in [0.4, 0.5) is 18.0 Å². The molecule has 3 aromatic rings. The Labute approximate surface area is 185 Å². The fourth-order valence-electron chi connectivity index (χ4n) is 3.47. The van der Waals surface area contributed by atoms with Crippen molar-refractivity contribution in [2.75, 3.05) is 0 Å². The van der Waals surface area contributed by atoms with E-state index < -0.39 is 18.4 Å². The van der Waals surface area contributed by atoms with E-state index in [-0.39, 0.29) is 11.7 Å². The number of alkyl halides is 3. The number of benzene rings is 2. The van der Waals surface area contributed by atoms with Crippen LogP contribution in [0.2, 0.25) is 0 Å². The molecule has 4 rings (SSSR count). The summed E-state index contributed by atoms with van der Waals surface area (Å²) in [6, 6.07) is 13.4. The van der Waals surface area contributed by atoms with E-state index in [4.69, 9.17) is 10.2 Å². The Hall–Kier alpha value is -3.71. The molecule has 162 valence electrons. The first-order chi connectivity index (χ1) is 15.2. The molecule has 32 heavy (non-hydrogen) atoms. The molecule has 1 aromatic heterocycles. The minimum atomic E-state index is -4.78. The number of carbonyl (C=O) groups is 1. The number of amides is 2. The van der Waals surface area contributed by atoms with E-state index >= 15 is 0 Å². The van der Waals surface area contributed by atoms with Gasteiger partial charge in [-0.15, -0.1) is 24.5 Å². The number of aromatic nitrogens is 1. The van der Waals surface area contributed by atoms with E-state index in [1.54, 1.807) is 31.2 Å². The zero-order valence-corrected chi connectivity index (χ0v) is 17.4. The predicted octanol–water partition coefficient (Wildman–Crippen LogP) is 5.59. The van der Waals surface area contributed by atoms with Crippen molar-refractivity contribution in [1.29, 1.82) is 5.26 Å². The van der Waals surface area contributed by atoms with Crippen LogP contribution in [0.25, 0.3) is 11.3 Å². The molecule has 2 amide bonds. The second-order valence-electron chi connectivity index (χ2n) is 7.03. The van der Waals surface area contributed by atoms with Gasteiger partial charge in [0.2, 0.25) is 0 Å². The fourth-order valence-corrected chi connectivity index (χ4v) is 4.50. The van der Waals surface area contributed by atoms with Gasteiger partial charge >= 0.3 is 12.4 Å². The van der Waals surface area contributed by atoms with E-state index in [1.165, 1.54) is 35.6 Å². The maximum absolute atomic E-state index is 12.4. The van der Waals surface area contributed by atoms with Crippen LogP contribution in [0, 0.1) is 11.3 Å². The molecule has 2 atom stereocenters. The molecule has 1 aliphatic rings. The molecule has 10 heteroatoms. The molecule has 1 aliphatic heterocycles. The summed E-state index contributed by atoms with van der Waals surface area (Å²) in [7, 11) is 0. The number of urea groups is 1. The summed E-state index contributed by atoms with van der Waals surface area (Å²) < 4.78 is 41.3. The highest BCUT2D eigenvalue weighted by Gasteiger charge is 2.35. The van der Waals surface area contributed by atoms with Crippen LogP contribution in [0.5, 0.6) is 5.75 Å². The predicted molar refractivity (Wildman–Crippen MR) is 113 cm³/mol. The SMILES string of the molecule is CC1=NC(=O)NC(c2ccc(OC(F)(F)F)cc2)C1c1nc(-c2ccc(C#N)cc2)cs1. The van der Waals surface area contributed by atoms with Crippen molar-refractivity contribution in [3.63, 3.8) is 0 Å². The second-order valence-corrected chi connectivity index (χ2v) is 7.92. The molecule has 1 N–H and O–H groups in total. The van der Waals surface area contributed by atoms with Gasteiger partial charge in [0.1, 0.15) is 10.8 Å². The van der Waals surface area contributed by atoms with E-state index in [2.05, 4.69) is 21.1 Å². The van der Waals surface area contributed by atoms with Crippen LogP contribution < -0.4 is 10.1 Å². The first-order valence-corrected chi connectivity index (χ1v) is 10.3. The highest BCUT2D eigenvalue weighted by atomic mass is 32.1. The van der Waals surface area contributed by atoms with Crippen molar-refractivity contribution < 1.29 is 22.7 Å². The number of hydrogen-bond donors (Lipinski definition) is 1. The quantitative estimate of drug-likeness (QED) is 0.554. The summed E-state index contributed by atoms with van der Waals surface area (Å²) in [6.07, 6.45) is -4.78. The van der Waals surface area contributed by atoms with Crippen molar-refractivity contribution >= 4 is 23.1 Å². The third kappa shape index (κ3) is 4.63. The smallest absolute Gasteiger partial charge is 0.406 e. The zero-order valence-electron chi connectivity index (χ0n) is 16.6. The van der Waals surface area contributed by atoms with Gasteiger partial charge in [-0.1, -0.05) is 24.3 Å². The van der Waals surface area contributed by atoms with Gasteiger partial charge in [-0.25, -0.2) is 14.8 Å².